The van der Waals surface area contributed by atoms with Gasteiger partial charge in [0.25, 0.3) is 5.24 Å². The highest BCUT2D eigenvalue weighted by Gasteiger charge is 2.16. The Morgan fingerprint density at radius 2 is 2.13 bits per heavy atom. The van der Waals surface area contributed by atoms with Crippen LogP contribution in [0.15, 0.2) is 6.20 Å². The standard InChI is InChI=1S/C10H12ClN3O/c1-7-8(9(11)15)6-12-10(13-7)14-4-2-3-5-14/h6H,2-5H2,1H3. The molecular formula is C10H12ClN3O. The third kappa shape index (κ3) is 2.09. The fraction of sp³-hybridized carbons (Fsp3) is 0.500. The quantitative estimate of drug-likeness (QED) is 0.720. The number of hydrogen-bond acceptors (Lipinski definition) is 4. The molecule has 4 nitrogen and oxygen atoms in total. The molecule has 0 unspecified atom stereocenters. The van der Waals surface area contributed by atoms with Gasteiger partial charge in [0, 0.05) is 19.3 Å². The molecule has 15 heavy (non-hydrogen) atoms. The Morgan fingerprint density at radius 3 is 2.67 bits per heavy atom. The molecule has 0 amide bonds. The maximum absolute atomic E-state index is 11.0. The van der Waals surface area contributed by atoms with Gasteiger partial charge in [0.2, 0.25) is 5.95 Å². The van der Waals surface area contributed by atoms with Gasteiger partial charge in [-0.15, -0.1) is 0 Å². The second-order valence-corrected chi connectivity index (χ2v) is 3.98. The van der Waals surface area contributed by atoms with E-state index in [1.54, 1.807) is 6.92 Å². The second kappa shape index (κ2) is 4.14. The topological polar surface area (TPSA) is 46.1 Å². The van der Waals surface area contributed by atoms with E-state index in [9.17, 15) is 4.79 Å². The zero-order chi connectivity index (χ0) is 10.8. The van der Waals surface area contributed by atoms with Crippen molar-refractivity contribution in [1.82, 2.24) is 9.97 Å². The molecule has 0 bridgehead atoms. The van der Waals surface area contributed by atoms with Gasteiger partial charge in [-0.2, -0.15) is 0 Å². The average molecular weight is 226 g/mol. The third-order valence-electron chi connectivity index (χ3n) is 2.57. The normalized spacial score (nSPS) is 15.7. The Kier molecular flexibility index (Phi) is 2.86. The molecule has 0 aliphatic carbocycles. The number of carbonyl (C=O) groups is 1. The minimum Gasteiger partial charge on any atom is -0.341 e. The van der Waals surface area contributed by atoms with Crippen LogP contribution in [0.3, 0.4) is 0 Å². The first-order valence-electron chi connectivity index (χ1n) is 4.97. The molecule has 0 aromatic carbocycles. The molecule has 0 spiro atoms. The molecule has 1 aromatic heterocycles. The average Bonchev–Trinajstić information content (AvgIpc) is 2.69. The number of aromatic nitrogens is 2. The van der Waals surface area contributed by atoms with Crippen LogP contribution in [0.2, 0.25) is 0 Å². The molecule has 5 heteroatoms. The van der Waals surface area contributed by atoms with E-state index in [0.29, 0.717) is 17.2 Å². The number of rotatable bonds is 2. The van der Waals surface area contributed by atoms with Crippen molar-refractivity contribution in [3.8, 4) is 0 Å². The lowest BCUT2D eigenvalue weighted by molar-refractivity contribution is 0.108. The minimum absolute atomic E-state index is 0.389. The van der Waals surface area contributed by atoms with Crippen molar-refractivity contribution in [1.29, 1.82) is 0 Å². The van der Waals surface area contributed by atoms with Crippen LogP contribution in [0, 0.1) is 6.92 Å². The fourth-order valence-electron chi connectivity index (χ4n) is 1.72. The molecule has 0 atom stereocenters. The third-order valence-corrected chi connectivity index (χ3v) is 2.77. The molecule has 1 saturated heterocycles. The van der Waals surface area contributed by atoms with Gasteiger partial charge in [-0.25, -0.2) is 9.97 Å². The Bertz CT molecular complexity index is 388. The van der Waals surface area contributed by atoms with E-state index in [0.717, 1.165) is 13.1 Å². The summed E-state index contributed by atoms with van der Waals surface area (Å²) in [7, 11) is 0. The summed E-state index contributed by atoms with van der Waals surface area (Å²) in [6.45, 7) is 3.76. The lowest BCUT2D eigenvalue weighted by atomic mass is 10.3. The van der Waals surface area contributed by atoms with Crippen molar-refractivity contribution in [2.45, 2.75) is 19.8 Å². The molecule has 0 saturated carbocycles. The van der Waals surface area contributed by atoms with Gasteiger partial charge >= 0.3 is 0 Å². The molecule has 1 aromatic rings. The lowest BCUT2D eigenvalue weighted by Crippen LogP contribution is -2.21. The molecular weight excluding hydrogens is 214 g/mol. The highest BCUT2D eigenvalue weighted by atomic mass is 35.5. The van der Waals surface area contributed by atoms with Crippen molar-refractivity contribution < 1.29 is 4.79 Å². The smallest absolute Gasteiger partial charge is 0.255 e. The number of carbonyl (C=O) groups excluding carboxylic acids is 1. The molecule has 1 fully saturated rings. The monoisotopic (exact) mass is 225 g/mol. The fourth-order valence-corrected chi connectivity index (χ4v) is 1.90. The molecule has 0 N–H and O–H groups in total. The van der Waals surface area contributed by atoms with E-state index in [1.165, 1.54) is 19.0 Å². The van der Waals surface area contributed by atoms with E-state index in [4.69, 9.17) is 11.6 Å². The predicted octanol–water partition coefficient (Wildman–Crippen LogP) is 1.76. The van der Waals surface area contributed by atoms with Crippen LogP contribution in [0.5, 0.6) is 0 Å². The van der Waals surface area contributed by atoms with Gasteiger partial charge in [0.05, 0.1) is 11.3 Å². The highest BCUT2D eigenvalue weighted by molar-refractivity contribution is 6.67. The summed E-state index contributed by atoms with van der Waals surface area (Å²) in [6.07, 6.45) is 3.86. The van der Waals surface area contributed by atoms with Crippen LogP contribution >= 0.6 is 11.6 Å². The molecule has 80 valence electrons. The zero-order valence-corrected chi connectivity index (χ0v) is 9.29. The number of nitrogens with zero attached hydrogens (tertiary/aromatic N) is 3. The summed E-state index contributed by atoms with van der Waals surface area (Å²) < 4.78 is 0. The Labute approximate surface area is 93.3 Å². The summed E-state index contributed by atoms with van der Waals surface area (Å²) in [5, 5.41) is -0.500. The summed E-state index contributed by atoms with van der Waals surface area (Å²) in [5.41, 5.74) is 1.03. The van der Waals surface area contributed by atoms with Crippen LogP contribution < -0.4 is 4.90 Å². The molecule has 1 aliphatic heterocycles. The van der Waals surface area contributed by atoms with E-state index < -0.39 is 5.24 Å². The van der Waals surface area contributed by atoms with Crippen molar-refractivity contribution >= 4 is 22.8 Å². The molecule has 2 heterocycles. The van der Waals surface area contributed by atoms with Crippen LogP contribution in [0.4, 0.5) is 5.95 Å². The van der Waals surface area contributed by atoms with Crippen molar-refractivity contribution in [3.05, 3.63) is 17.5 Å². The lowest BCUT2D eigenvalue weighted by Gasteiger charge is -2.15. The first-order valence-corrected chi connectivity index (χ1v) is 5.34. The van der Waals surface area contributed by atoms with Crippen LogP contribution in [0.25, 0.3) is 0 Å². The van der Waals surface area contributed by atoms with Crippen LogP contribution in [0.1, 0.15) is 28.9 Å². The first kappa shape index (κ1) is 10.4. The largest absolute Gasteiger partial charge is 0.341 e. The minimum atomic E-state index is -0.500. The van der Waals surface area contributed by atoms with Crippen molar-refractivity contribution in [3.63, 3.8) is 0 Å². The van der Waals surface area contributed by atoms with Gasteiger partial charge in [0.15, 0.2) is 0 Å². The SMILES string of the molecule is Cc1nc(N2CCCC2)ncc1C(=O)Cl. The van der Waals surface area contributed by atoms with Gasteiger partial charge in [-0.3, -0.25) is 4.79 Å². The predicted molar refractivity (Wildman–Crippen MR) is 58.4 cm³/mol. The number of aryl methyl sites for hydroxylation is 1. The summed E-state index contributed by atoms with van der Waals surface area (Å²) in [5.74, 6) is 0.701. The Hall–Kier alpha value is -1.16. The maximum Gasteiger partial charge on any atom is 0.255 e. The first-order chi connectivity index (χ1) is 7.18. The highest BCUT2D eigenvalue weighted by Crippen LogP contribution is 2.17. The van der Waals surface area contributed by atoms with Crippen LogP contribution in [-0.2, 0) is 0 Å². The molecule has 2 rings (SSSR count). The van der Waals surface area contributed by atoms with Gasteiger partial charge in [-0.05, 0) is 31.4 Å². The maximum atomic E-state index is 11.0. The second-order valence-electron chi connectivity index (χ2n) is 3.64. The van der Waals surface area contributed by atoms with E-state index in [-0.39, 0.29) is 0 Å². The summed E-state index contributed by atoms with van der Waals surface area (Å²) >= 11 is 5.39. The van der Waals surface area contributed by atoms with Crippen molar-refractivity contribution in [2.24, 2.45) is 0 Å². The van der Waals surface area contributed by atoms with Gasteiger partial charge in [0.1, 0.15) is 0 Å². The summed E-state index contributed by atoms with van der Waals surface area (Å²) in [4.78, 5) is 21.5. The number of hydrogen-bond donors (Lipinski definition) is 0. The number of anilines is 1. The van der Waals surface area contributed by atoms with Crippen molar-refractivity contribution in [2.75, 3.05) is 18.0 Å². The zero-order valence-electron chi connectivity index (χ0n) is 8.53. The van der Waals surface area contributed by atoms with Crippen LogP contribution in [-0.4, -0.2) is 28.3 Å². The van der Waals surface area contributed by atoms with Gasteiger partial charge in [-0.1, -0.05) is 0 Å². The van der Waals surface area contributed by atoms with E-state index >= 15 is 0 Å². The molecule has 0 radical (unpaired) electrons. The van der Waals surface area contributed by atoms with E-state index in [1.807, 2.05) is 0 Å². The van der Waals surface area contributed by atoms with Gasteiger partial charge < -0.3 is 4.90 Å². The number of halogens is 1. The molecule has 1 aliphatic rings. The Morgan fingerprint density at radius 1 is 1.47 bits per heavy atom. The summed E-state index contributed by atoms with van der Waals surface area (Å²) in [6, 6.07) is 0. The Balaban J connectivity index is 2.28. The van der Waals surface area contributed by atoms with E-state index in [2.05, 4.69) is 14.9 Å².